The van der Waals surface area contributed by atoms with Crippen molar-refractivity contribution < 1.29 is 0 Å². The average molecular weight is 493 g/mol. The van der Waals surface area contributed by atoms with Crippen LogP contribution in [0.5, 0.6) is 0 Å². The Hall–Kier alpha value is -4.39. The lowest BCUT2D eigenvalue weighted by Gasteiger charge is -2.15. The minimum atomic E-state index is 0.560. The maximum absolute atomic E-state index is 8.34. The van der Waals surface area contributed by atoms with Crippen molar-refractivity contribution in [3.63, 3.8) is 0 Å². The molecule has 37 heavy (non-hydrogen) atoms. The van der Waals surface area contributed by atoms with Crippen LogP contribution in [0.2, 0.25) is 0 Å². The van der Waals surface area contributed by atoms with Crippen LogP contribution < -0.4 is 0 Å². The molecule has 3 heteroatoms. The van der Waals surface area contributed by atoms with Gasteiger partial charge in [0.25, 0.3) is 0 Å². The first kappa shape index (κ1) is 21.9. The molecule has 5 aromatic carbocycles. The number of aryl methyl sites for hydroxylation is 1. The summed E-state index contributed by atoms with van der Waals surface area (Å²) in [5.41, 5.74) is 8.34. The molecule has 176 valence electrons. The number of hydrogen-bond donors (Lipinski definition) is 1. The number of fused-ring (bicyclic) bond motifs is 6. The van der Waals surface area contributed by atoms with Crippen LogP contribution in [0.1, 0.15) is 25.0 Å². The maximum Gasteiger partial charge on any atom is 0.105 e. The summed E-state index contributed by atoms with van der Waals surface area (Å²) in [5, 5.41) is 13.3. The molecule has 0 bridgehead atoms. The fourth-order valence-electron chi connectivity index (χ4n) is 5.45. The van der Waals surface area contributed by atoms with E-state index in [1.807, 2.05) is 24.3 Å². The summed E-state index contributed by atoms with van der Waals surface area (Å²) in [5.74, 6) is 0. The van der Waals surface area contributed by atoms with Gasteiger partial charge in [-0.15, -0.1) is 11.3 Å². The lowest BCUT2D eigenvalue weighted by atomic mass is 9.97. The second-order valence-electron chi connectivity index (χ2n) is 9.57. The van der Waals surface area contributed by atoms with Gasteiger partial charge < -0.3 is 9.98 Å². The van der Waals surface area contributed by atoms with Crippen LogP contribution in [0, 0.1) is 17.5 Å². The van der Waals surface area contributed by atoms with Gasteiger partial charge >= 0.3 is 0 Å². The summed E-state index contributed by atoms with van der Waals surface area (Å²) in [6.45, 7) is 4.06. The third-order valence-corrected chi connectivity index (χ3v) is 8.51. The smallest absolute Gasteiger partial charge is 0.105 e. The third-order valence-electron chi connectivity index (χ3n) is 7.36. The fourth-order valence-corrected chi connectivity index (χ4v) is 6.52. The highest BCUT2D eigenvalue weighted by Gasteiger charge is 2.17. The van der Waals surface area contributed by atoms with Gasteiger partial charge in [-0.25, -0.2) is 0 Å². The van der Waals surface area contributed by atoms with Crippen LogP contribution >= 0.6 is 11.3 Å². The van der Waals surface area contributed by atoms with Gasteiger partial charge in [0.05, 0.1) is 11.2 Å². The monoisotopic (exact) mass is 492 g/mol. The number of thiophene rings is 1. The molecule has 0 saturated carbocycles. The quantitative estimate of drug-likeness (QED) is 0.237. The van der Waals surface area contributed by atoms with Gasteiger partial charge in [0.15, 0.2) is 0 Å². The molecule has 2 aromatic heterocycles. The molecule has 2 heterocycles. The summed E-state index contributed by atoms with van der Waals surface area (Å²) in [6, 6.07) is 39.1. The minimum absolute atomic E-state index is 0.560. The second kappa shape index (κ2) is 8.34. The zero-order valence-corrected chi connectivity index (χ0v) is 21.5. The average Bonchev–Trinajstić information content (AvgIpc) is 3.47. The molecular weight excluding hydrogens is 468 g/mol. The van der Waals surface area contributed by atoms with Gasteiger partial charge in [0.1, 0.15) is 5.52 Å². The molecule has 0 aliphatic heterocycles. The number of rotatable bonds is 4. The van der Waals surface area contributed by atoms with E-state index in [4.69, 9.17) is 5.41 Å². The lowest BCUT2D eigenvalue weighted by Crippen LogP contribution is -2.00. The van der Waals surface area contributed by atoms with Gasteiger partial charge in [-0.1, -0.05) is 49.4 Å². The summed E-state index contributed by atoms with van der Waals surface area (Å²) in [6.07, 6.45) is 1.03. The number of para-hydroxylation sites is 1. The van der Waals surface area contributed by atoms with Crippen molar-refractivity contribution in [1.29, 1.82) is 5.41 Å². The highest BCUT2D eigenvalue weighted by atomic mass is 32.1. The van der Waals surface area contributed by atoms with Crippen LogP contribution in [0.3, 0.4) is 0 Å². The zero-order chi connectivity index (χ0) is 25.1. The van der Waals surface area contributed by atoms with Crippen molar-refractivity contribution in [1.82, 2.24) is 4.57 Å². The number of aromatic nitrogens is 1. The fraction of sp³-hybridized carbons (Fsp3) is 0.0882. The molecule has 2 nitrogen and oxygen atoms in total. The first-order valence-corrected chi connectivity index (χ1v) is 13.4. The lowest BCUT2D eigenvalue weighted by molar-refractivity contribution is 1.15. The Balaban J connectivity index is 1.55. The summed E-state index contributed by atoms with van der Waals surface area (Å²) in [4.78, 5) is 0. The standard InChI is InChI=1S/C34H24N2S/c1-3-22-12-16-33-28(18-22)29-20-24(14-17-34(29)37-33)27-19-23(21(2)35)13-15-32(27)36-30-10-6-4-8-25(30)26-9-5-7-11-31(26)36/h4-6,8-10,12-20,35H,3H2,1-2H3. The first-order chi connectivity index (χ1) is 18.1. The molecule has 0 unspecified atom stereocenters. The molecule has 0 spiro atoms. The van der Waals surface area contributed by atoms with Gasteiger partial charge in [-0.2, -0.15) is 0 Å². The Morgan fingerprint density at radius 2 is 1.65 bits per heavy atom. The molecule has 0 radical (unpaired) electrons. The van der Waals surface area contributed by atoms with E-state index in [0.717, 1.165) is 39.8 Å². The van der Waals surface area contributed by atoms with Crippen molar-refractivity contribution in [2.24, 2.45) is 0 Å². The molecule has 0 aliphatic carbocycles. The number of nitrogens with zero attached hydrogens (tertiary/aromatic N) is 1. The van der Waals surface area contributed by atoms with Crippen molar-refractivity contribution >= 4 is 59.0 Å². The predicted molar refractivity (Wildman–Crippen MR) is 159 cm³/mol. The maximum atomic E-state index is 8.34. The largest absolute Gasteiger partial charge is 0.305 e. The molecule has 0 amide bonds. The van der Waals surface area contributed by atoms with Gasteiger partial charge in [0, 0.05) is 42.2 Å². The Morgan fingerprint density at radius 1 is 0.838 bits per heavy atom. The van der Waals surface area contributed by atoms with Crippen LogP contribution in [-0.2, 0) is 6.42 Å². The molecule has 0 aliphatic rings. The Bertz CT molecular complexity index is 1950. The number of benzene rings is 4. The van der Waals surface area contributed by atoms with Crippen LogP contribution in [0.15, 0.2) is 91.0 Å². The number of nitrogens with one attached hydrogen (secondary N) is 1. The summed E-state index contributed by atoms with van der Waals surface area (Å²) < 4.78 is 4.92. The second-order valence-corrected chi connectivity index (χ2v) is 10.7. The normalized spacial score (nSPS) is 11.5. The molecule has 0 atom stereocenters. The SMILES string of the molecule is CCc1ccc2sc3ccc(-c4cc(C(C)=N)ccc4-n4c5c#cccc5c5ccccc54)cc3c2c1. The van der Waals surface area contributed by atoms with Crippen LogP contribution in [0.4, 0.5) is 0 Å². The highest BCUT2D eigenvalue weighted by molar-refractivity contribution is 7.25. The van der Waals surface area contributed by atoms with Crippen molar-refractivity contribution in [2.45, 2.75) is 20.3 Å². The van der Waals surface area contributed by atoms with E-state index >= 15 is 0 Å². The highest BCUT2D eigenvalue weighted by Crippen LogP contribution is 2.40. The van der Waals surface area contributed by atoms with Gasteiger partial charge in [-0.05, 0) is 90.7 Å². The molecule has 1 N–H and O–H groups in total. The van der Waals surface area contributed by atoms with Crippen LogP contribution in [0.25, 0.3) is 58.8 Å². The first-order valence-electron chi connectivity index (χ1n) is 12.6. The van der Waals surface area contributed by atoms with E-state index in [1.54, 1.807) is 0 Å². The molecular formula is C34H24N2S. The molecule has 0 saturated heterocycles. The van der Waals surface area contributed by atoms with E-state index < -0.39 is 0 Å². The molecule has 7 aromatic rings. The van der Waals surface area contributed by atoms with Crippen molar-refractivity contribution in [3.05, 3.63) is 114 Å². The Morgan fingerprint density at radius 3 is 2.49 bits per heavy atom. The van der Waals surface area contributed by atoms with E-state index in [0.29, 0.717) is 5.71 Å². The van der Waals surface area contributed by atoms with Crippen LogP contribution in [-0.4, -0.2) is 10.3 Å². The van der Waals surface area contributed by atoms with Crippen molar-refractivity contribution in [2.75, 3.05) is 0 Å². The summed E-state index contributed by atoms with van der Waals surface area (Å²) in [7, 11) is 0. The molecule has 7 rings (SSSR count). The number of hydrogen-bond acceptors (Lipinski definition) is 2. The topological polar surface area (TPSA) is 28.8 Å². The van der Waals surface area contributed by atoms with Gasteiger partial charge in [-0.3, -0.25) is 0 Å². The van der Waals surface area contributed by atoms with E-state index in [2.05, 4.69) is 109 Å². The predicted octanol–water partition coefficient (Wildman–Crippen LogP) is 9.37. The summed E-state index contributed by atoms with van der Waals surface area (Å²) >= 11 is 1.85. The third kappa shape index (κ3) is 3.38. The van der Waals surface area contributed by atoms with Crippen molar-refractivity contribution in [3.8, 4) is 16.8 Å². The van der Waals surface area contributed by atoms with E-state index in [1.165, 1.54) is 36.5 Å². The van der Waals surface area contributed by atoms with E-state index in [9.17, 15) is 0 Å². The Kier molecular flexibility index (Phi) is 4.92. The minimum Gasteiger partial charge on any atom is -0.305 e. The molecule has 0 fully saturated rings. The zero-order valence-electron chi connectivity index (χ0n) is 20.7. The Labute approximate surface area is 219 Å². The van der Waals surface area contributed by atoms with Gasteiger partial charge in [0.2, 0.25) is 0 Å². The van der Waals surface area contributed by atoms with E-state index in [-0.39, 0.29) is 0 Å².